The Bertz CT molecular complexity index is 2180. The van der Waals surface area contributed by atoms with Crippen LogP contribution in [0.5, 0.6) is 0 Å². The van der Waals surface area contributed by atoms with E-state index in [1.54, 1.807) is 0 Å². The Labute approximate surface area is 221 Å². The van der Waals surface area contributed by atoms with Crippen molar-refractivity contribution in [3.63, 3.8) is 0 Å². The molecule has 0 saturated carbocycles. The molecule has 8 aromatic rings. The normalized spacial score (nSPS) is 11.7. The highest BCUT2D eigenvalue weighted by Gasteiger charge is 2.10. The molecule has 8 rings (SSSR count). The lowest BCUT2D eigenvalue weighted by atomic mass is 9.91. The Hall–Kier alpha value is -4.94. The van der Waals surface area contributed by atoms with E-state index in [0.29, 0.717) is 0 Å². The monoisotopic (exact) mass is 480 g/mol. The maximum absolute atomic E-state index is 2.35. The highest BCUT2D eigenvalue weighted by Crippen LogP contribution is 2.37. The molecular weight excluding hydrogens is 456 g/mol. The summed E-state index contributed by atoms with van der Waals surface area (Å²) < 4.78 is 0. The zero-order valence-electron chi connectivity index (χ0n) is 20.9. The fraction of sp³-hybridized carbons (Fsp3) is 0. The Morgan fingerprint density at radius 1 is 0.237 bits per heavy atom. The summed E-state index contributed by atoms with van der Waals surface area (Å²) in [6.07, 6.45) is 0. The van der Waals surface area contributed by atoms with Crippen molar-refractivity contribution in [2.24, 2.45) is 0 Å². The zero-order chi connectivity index (χ0) is 25.1. The molecule has 0 amide bonds. The third kappa shape index (κ3) is 3.31. The Morgan fingerprint density at radius 3 is 1.53 bits per heavy atom. The maximum Gasteiger partial charge on any atom is -0.00988 e. The van der Waals surface area contributed by atoms with Gasteiger partial charge in [-0.1, -0.05) is 115 Å². The van der Waals surface area contributed by atoms with Gasteiger partial charge in [-0.05, 0) is 106 Å². The molecule has 0 aliphatic heterocycles. The van der Waals surface area contributed by atoms with Crippen molar-refractivity contribution < 1.29 is 0 Å². The molecule has 8 aromatic carbocycles. The van der Waals surface area contributed by atoms with E-state index in [0.717, 1.165) is 0 Å². The van der Waals surface area contributed by atoms with Crippen molar-refractivity contribution in [2.75, 3.05) is 0 Å². The van der Waals surface area contributed by atoms with E-state index >= 15 is 0 Å². The molecule has 0 spiro atoms. The molecule has 0 fully saturated rings. The first-order chi connectivity index (χ1) is 18.8. The standard InChI is InChI=1S/C38H24/c1-3-11-33-25(8-1)10-7-15-34(33)29-18-16-26-21-32-23-30(19-17-27(32)20-31(26)22-29)38-24-28-9-2-4-12-35(28)36-13-5-6-14-37(36)38/h1-24H. The number of benzene rings is 8. The summed E-state index contributed by atoms with van der Waals surface area (Å²) in [5.41, 5.74) is 5.08. The van der Waals surface area contributed by atoms with Gasteiger partial charge in [0, 0.05) is 0 Å². The number of fused-ring (bicyclic) bond motifs is 6. The predicted octanol–water partition coefficient (Wildman–Crippen LogP) is 10.8. The first-order valence-electron chi connectivity index (χ1n) is 13.2. The van der Waals surface area contributed by atoms with E-state index in [1.165, 1.54) is 76.1 Å². The number of hydrogen-bond donors (Lipinski definition) is 0. The summed E-state index contributed by atoms with van der Waals surface area (Å²) in [6, 6.07) is 53.4. The highest BCUT2D eigenvalue weighted by atomic mass is 14.1. The SMILES string of the molecule is c1ccc2c(-c3ccc4cc5cc(-c6cc7ccccc7c7ccccc67)ccc5cc4c3)cccc2c1. The van der Waals surface area contributed by atoms with Crippen LogP contribution in [0.1, 0.15) is 0 Å². The minimum Gasteiger partial charge on any atom is -0.0616 e. The van der Waals surface area contributed by atoms with Crippen LogP contribution in [-0.4, -0.2) is 0 Å². The van der Waals surface area contributed by atoms with Crippen LogP contribution in [-0.2, 0) is 0 Å². The van der Waals surface area contributed by atoms with Crippen LogP contribution in [0.15, 0.2) is 146 Å². The first kappa shape index (κ1) is 21.2. The van der Waals surface area contributed by atoms with E-state index in [-0.39, 0.29) is 0 Å². The van der Waals surface area contributed by atoms with E-state index < -0.39 is 0 Å². The van der Waals surface area contributed by atoms with Crippen LogP contribution in [0.2, 0.25) is 0 Å². The van der Waals surface area contributed by atoms with Crippen LogP contribution in [0.3, 0.4) is 0 Å². The highest BCUT2D eigenvalue weighted by molar-refractivity contribution is 6.14. The van der Waals surface area contributed by atoms with Crippen LogP contribution in [0, 0.1) is 0 Å². The van der Waals surface area contributed by atoms with Gasteiger partial charge in [0.25, 0.3) is 0 Å². The van der Waals surface area contributed by atoms with Crippen LogP contribution in [0.25, 0.3) is 76.1 Å². The molecular formula is C38H24. The summed E-state index contributed by atoms with van der Waals surface area (Å²) in [5, 5.41) is 12.8. The minimum absolute atomic E-state index is 1.26. The Morgan fingerprint density at radius 2 is 0.789 bits per heavy atom. The zero-order valence-corrected chi connectivity index (χ0v) is 20.9. The summed E-state index contributed by atoms with van der Waals surface area (Å²) in [4.78, 5) is 0. The Kier molecular flexibility index (Phi) is 4.62. The molecule has 0 N–H and O–H groups in total. The van der Waals surface area contributed by atoms with Gasteiger partial charge in [-0.2, -0.15) is 0 Å². The van der Waals surface area contributed by atoms with Crippen molar-refractivity contribution >= 4 is 53.9 Å². The van der Waals surface area contributed by atoms with Gasteiger partial charge in [-0.15, -0.1) is 0 Å². The van der Waals surface area contributed by atoms with E-state index in [1.807, 2.05) is 0 Å². The number of hydrogen-bond acceptors (Lipinski definition) is 0. The van der Waals surface area contributed by atoms with Gasteiger partial charge >= 0.3 is 0 Å². The summed E-state index contributed by atoms with van der Waals surface area (Å²) in [5.74, 6) is 0. The predicted molar refractivity (Wildman–Crippen MR) is 165 cm³/mol. The topological polar surface area (TPSA) is 0 Å². The molecule has 0 radical (unpaired) electrons. The second-order valence-electron chi connectivity index (χ2n) is 10.2. The quantitative estimate of drug-likeness (QED) is 0.170. The number of rotatable bonds is 2. The lowest BCUT2D eigenvalue weighted by molar-refractivity contribution is 1.68. The average Bonchev–Trinajstić information content (AvgIpc) is 2.99. The Balaban J connectivity index is 1.29. The van der Waals surface area contributed by atoms with Crippen molar-refractivity contribution in [1.29, 1.82) is 0 Å². The van der Waals surface area contributed by atoms with Gasteiger partial charge in [0.05, 0.1) is 0 Å². The molecule has 0 bridgehead atoms. The van der Waals surface area contributed by atoms with Gasteiger partial charge in [0.1, 0.15) is 0 Å². The fourth-order valence-corrected chi connectivity index (χ4v) is 6.10. The summed E-state index contributed by atoms with van der Waals surface area (Å²) >= 11 is 0. The van der Waals surface area contributed by atoms with E-state index in [9.17, 15) is 0 Å². The van der Waals surface area contributed by atoms with E-state index in [4.69, 9.17) is 0 Å². The molecule has 0 heteroatoms. The van der Waals surface area contributed by atoms with Crippen molar-refractivity contribution in [3.05, 3.63) is 146 Å². The van der Waals surface area contributed by atoms with E-state index in [2.05, 4.69) is 146 Å². The van der Waals surface area contributed by atoms with Crippen molar-refractivity contribution in [3.8, 4) is 22.3 Å². The molecule has 38 heavy (non-hydrogen) atoms. The maximum atomic E-state index is 2.35. The molecule has 176 valence electrons. The average molecular weight is 481 g/mol. The summed E-state index contributed by atoms with van der Waals surface area (Å²) in [6.45, 7) is 0. The fourth-order valence-electron chi connectivity index (χ4n) is 6.10. The molecule has 0 saturated heterocycles. The second-order valence-corrected chi connectivity index (χ2v) is 10.2. The largest absolute Gasteiger partial charge is 0.0616 e. The van der Waals surface area contributed by atoms with Gasteiger partial charge in [-0.3, -0.25) is 0 Å². The second kappa shape index (κ2) is 8.30. The lowest BCUT2D eigenvalue weighted by Crippen LogP contribution is -1.86. The van der Waals surface area contributed by atoms with Crippen LogP contribution < -0.4 is 0 Å². The summed E-state index contributed by atoms with van der Waals surface area (Å²) in [7, 11) is 0. The van der Waals surface area contributed by atoms with Gasteiger partial charge in [0.2, 0.25) is 0 Å². The van der Waals surface area contributed by atoms with Crippen LogP contribution >= 0.6 is 0 Å². The van der Waals surface area contributed by atoms with Crippen molar-refractivity contribution in [2.45, 2.75) is 0 Å². The minimum atomic E-state index is 1.26. The lowest BCUT2D eigenvalue weighted by Gasteiger charge is -2.13. The molecule has 0 unspecified atom stereocenters. The van der Waals surface area contributed by atoms with Gasteiger partial charge in [-0.25, -0.2) is 0 Å². The molecule has 0 aromatic heterocycles. The first-order valence-corrected chi connectivity index (χ1v) is 13.2. The van der Waals surface area contributed by atoms with Gasteiger partial charge in [0.15, 0.2) is 0 Å². The molecule has 0 nitrogen and oxygen atoms in total. The third-order valence-electron chi connectivity index (χ3n) is 7.98. The van der Waals surface area contributed by atoms with Crippen LogP contribution in [0.4, 0.5) is 0 Å². The van der Waals surface area contributed by atoms with Gasteiger partial charge < -0.3 is 0 Å². The molecule has 0 aliphatic carbocycles. The molecule has 0 heterocycles. The molecule has 0 aliphatic rings. The van der Waals surface area contributed by atoms with Crippen molar-refractivity contribution in [1.82, 2.24) is 0 Å². The third-order valence-corrected chi connectivity index (χ3v) is 7.98. The smallest absolute Gasteiger partial charge is 0.00988 e. The molecule has 0 atom stereocenters.